The number of halogens is 2. The maximum atomic E-state index is 12.0. The van der Waals surface area contributed by atoms with Crippen molar-refractivity contribution in [2.24, 2.45) is 11.8 Å². The zero-order chi connectivity index (χ0) is 15.4. The van der Waals surface area contributed by atoms with Gasteiger partial charge in [-0.2, -0.15) is 8.78 Å². The molecule has 2 unspecified atom stereocenters. The second-order valence-electron chi connectivity index (χ2n) is 4.85. The summed E-state index contributed by atoms with van der Waals surface area (Å²) < 4.78 is 28.2. The number of aliphatic carboxylic acids is 1. The van der Waals surface area contributed by atoms with Crippen molar-refractivity contribution in [1.82, 2.24) is 5.32 Å². The van der Waals surface area contributed by atoms with Crippen LogP contribution in [-0.2, 0) is 16.0 Å². The summed E-state index contributed by atoms with van der Waals surface area (Å²) in [4.78, 5) is 22.2. The molecule has 1 aromatic carbocycles. The van der Waals surface area contributed by atoms with Gasteiger partial charge in [-0.15, -0.1) is 0 Å². The lowest BCUT2D eigenvalue weighted by Crippen LogP contribution is -2.28. The summed E-state index contributed by atoms with van der Waals surface area (Å²) in [5, 5.41) is 11.4. The number of carbonyl (C=O) groups excluding carboxylic acids is 1. The molecule has 0 aliphatic heterocycles. The minimum absolute atomic E-state index is 0.0834. The fourth-order valence-electron chi connectivity index (χ4n) is 2.06. The van der Waals surface area contributed by atoms with Gasteiger partial charge in [0.15, 0.2) is 0 Å². The number of ether oxygens (including phenoxy) is 1. The van der Waals surface area contributed by atoms with Gasteiger partial charge in [0.1, 0.15) is 5.75 Å². The smallest absolute Gasteiger partial charge is 0.387 e. The van der Waals surface area contributed by atoms with Crippen LogP contribution in [0.1, 0.15) is 12.0 Å². The van der Waals surface area contributed by atoms with Crippen molar-refractivity contribution < 1.29 is 28.2 Å². The second-order valence-corrected chi connectivity index (χ2v) is 4.85. The average Bonchev–Trinajstić information content (AvgIpc) is 3.20. The van der Waals surface area contributed by atoms with E-state index < -0.39 is 24.4 Å². The molecule has 0 radical (unpaired) electrons. The van der Waals surface area contributed by atoms with Crippen molar-refractivity contribution in [2.45, 2.75) is 19.5 Å². The summed E-state index contributed by atoms with van der Waals surface area (Å²) in [5.74, 6) is -2.09. The average molecular weight is 299 g/mol. The van der Waals surface area contributed by atoms with E-state index in [4.69, 9.17) is 5.11 Å². The van der Waals surface area contributed by atoms with E-state index >= 15 is 0 Å². The Labute approximate surface area is 119 Å². The number of carboxylic acids is 1. The monoisotopic (exact) mass is 299 g/mol. The van der Waals surface area contributed by atoms with Crippen molar-refractivity contribution >= 4 is 11.9 Å². The van der Waals surface area contributed by atoms with E-state index in [2.05, 4.69) is 10.1 Å². The molecule has 1 aliphatic carbocycles. The van der Waals surface area contributed by atoms with Crippen molar-refractivity contribution in [2.75, 3.05) is 6.54 Å². The molecule has 1 aromatic rings. The van der Waals surface area contributed by atoms with Crippen molar-refractivity contribution in [3.05, 3.63) is 29.8 Å². The Morgan fingerprint density at radius 3 is 2.48 bits per heavy atom. The highest BCUT2D eigenvalue weighted by Crippen LogP contribution is 2.38. The SMILES string of the molecule is O=C(O)C1CC1C(=O)NCCc1ccc(OC(F)F)cc1. The van der Waals surface area contributed by atoms with Crippen molar-refractivity contribution in [3.8, 4) is 5.75 Å². The molecule has 0 heterocycles. The normalized spacial score (nSPS) is 20.1. The molecule has 1 aliphatic rings. The molecule has 0 aromatic heterocycles. The molecule has 7 heteroatoms. The van der Waals surface area contributed by atoms with E-state index in [1.165, 1.54) is 12.1 Å². The van der Waals surface area contributed by atoms with E-state index in [1.54, 1.807) is 12.1 Å². The van der Waals surface area contributed by atoms with Gasteiger partial charge in [-0.3, -0.25) is 9.59 Å². The van der Waals surface area contributed by atoms with Crippen LogP contribution in [0.3, 0.4) is 0 Å². The third-order valence-corrected chi connectivity index (χ3v) is 3.31. The van der Waals surface area contributed by atoms with Gasteiger partial charge < -0.3 is 15.2 Å². The second kappa shape index (κ2) is 6.51. The van der Waals surface area contributed by atoms with E-state index in [0.717, 1.165) is 5.56 Å². The van der Waals surface area contributed by atoms with Gasteiger partial charge in [0.25, 0.3) is 0 Å². The van der Waals surface area contributed by atoms with E-state index in [9.17, 15) is 18.4 Å². The zero-order valence-corrected chi connectivity index (χ0v) is 11.1. The maximum Gasteiger partial charge on any atom is 0.387 e. The Kier molecular flexibility index (Phi) is 4.72. The van der Waals surface area contributed by atoms with Crippen LogP contribution in [0.4, 0.5) is 8.78 Å². The molecular weight excluding hydrogens is 284 g/mol. The van der Waals surface area contributed by atoms with Gasteiger partial charge in [-0.05, 0) is 30.5 Å². The molecule has 2 rings (SSSR count). The molecule has 114 valence electrons. The number of hydrogen-bond donors (Lipinski definition) is 2. The summed E-state index contributed by atoms with van der Waals surface area (Å²) >= 11 is 0. The number of carboxylic acid groups (broad SMARTS) is 1. The molecule has 0 bridgehead atoms. The number of hydrogen-bond acceptors (Lipinski definition) is 3. The first kappa shape index (κ1) is 15.2. The Balaban J connectivity index is 1.71. The number of benzene rings is 1. The quantitative estimate of drug-likeness (QED) is 0.803. The number of rotatable bonds is 7. The Morgan fingerprint density at radius 2 is 1.95 bits per heavy atom. The molecular formula is C14H15F2NO4. The highest BCUT2D eigenvalue weighted by atomic mass is 19.3. The number of amides is 1. The molecule has 2 atom stereocenters. The lowest BCUT2D eigenvalue weighted by molar-refractivity contribution is -0.140. The minimum atomic E-state index is -2.85. The zero-order valence-electron chi connectivity index (χ0n) is 11.1. The van der Waals surface area contributed by atoms with Crippen LogP contribution in [0.5, 0.6) is 5.75 Å². The Morgan fingerprint density at radius 1 is 1.29 bits per heavy atom. The topological polar surface area (TPSA) is 75.6 Å². The molecule has 5 nitrogen and oxygen atoms in total. The van der Waals surface area contributed by atoms with Gasteiger partial charge in [0, 0.05) is 6.54 Å². The first-order valence-corrected chi connectivity index (χ1v) is 6.51. The van der Waals surface area contributed by atoms with Crippen LogP contribution in [0.25, 0.3) is 0 Å². The van der Waals surface area contributed by atoms with Crippen LogP contribution in [0.15, 0.2) is 24.3 Å². The highest BCUT2D eigenvalue weighted by Gasteiger charge is 2.48. The first-order chi connectivity index (χ1) is 9.97. The predicted molar refractivity (Wildman–Crippen MR) is 69.0 cm³/mol. The van der Waals surface area contributed by atoms with Gasteiger partial charge in [0.05, 0.1) is 11.8 Å². The van der Waals surface area contributed by atoms with Crippen LogP contribution in [0, 0.1) is 11.8 Å². The summed E-state index contributed by atoms with van der Waals surface area (Å²) in [6.07, 6.45) is 0.923. The molecule has 0 saturated heterocycles. The predicted octanol–water partition coefficient (Wildman–Crippen LogP) is 1.67. The van der Waals surface area contributed by atoms with Crippen molar-refractivity contribution in [1.29, 1.82) is 0 Å². The third-order valence-electron chi connectivity index (χ3n) is 3.31. The molecule has 1 saturated carbocycles. The fourth-order valence-corrected chi connectivity index (χ4v) is 2.06. The minimum Gasteiger partial charge on any atom is -0.481 e. The lowest BCUT2D eigenvalue weighted by Gasteiger charge is -2.07. The van der Waals surface area contributed by atoms with Crippen molar-refractivity contribution in [3.63, 3.8) is 0 Å². The summed E-state index contributed by atoms with van der Waals surface area (Å²) in [6.45, 7) is -2.48. The first-order valence-electron chi connectivity index (χ1n) is 6.51. The standard InChI is InChI=1S/C14H15F2NO4/c15-14(16)21-9-3-1-8(2-4-9)5-6-17-12(18)10-7-11(10)13(19)20/h1-4,10-11,14H,5-7H2,(H,17,18)(H,19,20). The highest BCUT2D eigenvalue weighted by molar-refractivity contribution is 5.89. The fraction of sp³-hybridized carbons (Fsp3) is 0.429. The van der Waals surface area contributed by atoms with E-state index in [-0.39, 0.29) is 11.7 Å². The number of nitrogens with one attached hydrogen (secondary N) is 1. The van der Waals surface area contributed by atoms with Gasteiger partial charge >= 0.3 is 12.6 Å². The molecule has 1 fully saturated rings. The summed E-state index contributed by atoms with van der Waals surface area (Å²) in [7, 11) is 0. The van der Waals surface area contributed by atoms with Crippen LogP contribution in [0.2, 0.25) is 0 Å². The van der Waals surface area contributed by atoms with Gasteiger partial charge in [-0.25, -0.2) is 0 Å². The van der Waals surface area contributed by atoms with Crippen LogP contribution < -0.4 is 10.1 Å². The summed E-state index contributed by atoms with van der Waals surface area (Å²) in [5.41, 5.74) is 0.863. The third kappa shape index (κ3) is 4.40. The molecule has 0 spiro atoms. The van der Waals surface area contributed by atoms with Gasteiger partial charge in [-0.1, -0.05) is 12.1 Å². The lowest BCUT2D eigenvalue weighted by atomic mass is 10.1. The largest absolute Gasteiger partial charge is 0.481 e. The van der Waals surface area contributed by atoms with E-state index in [0.29, 0.717) is 19.4 Å². The van der Waals surface area contributed by atoms with Crippen LogP contribution >= 0.6 is 0 Å². The van der Waals surface area contributed by atoms with E-state index in [1.807, 2.05) is 0 Å². The number of carbonyl (C=O) groups is 2. The summed E-state index contributed by atoms with van der Waals surface area (Å²) in [6, 6.07) is 6.15. The Bertz CT molecular complexity index is 518. The molecule has 2 N–H and O–H groups in total. The molecule has 1 amide bonds. The maximum absolute atomic E-state index is 12.0. The Hall–Kier alpha value is -2.18. The number of alkyl halides is 2. The van der Waals surface area contributed by atoms with Gasteiger partial charge in [0.2, 0.25) is 5.91 Å². The molecule has 21 heavy (non-hydrogen) atoms. The van der Waals surface area contributed by atoms with Crippen LogP contribution in [-0.4, -0.2) is 30.1 Å².